The minimum atomic E-state index is 0.518. The fourth-order valence-corrected chi connectivity index (χ4v) is 3.55. The number of nitrogens with zero attached hydrogens (tertiary/aromatic N) is 2. The predicted octanol–water partition coefficient (Wildman–Crippen LogP) is 3.97. The Balaban J connectivity index is 2.27. The van der Waals surface area contributed by atoms with Gasteiger partial charge in [0.2, 0.25) is 0 Å². The van der Waals surface area contributed by atoms with Crippen molar-refractivity contribution >= 4 is 11.6 Å². The molecule has 1 saturated carbocycles. The molecule has 2 unspecified atom stereocenters. The second kappa shape index (κ2) is 7.30. The van der Waals surface area contributed by atoms with Crippen LogP contribution in [0.2, 0.25) is 5.02 Å². The minimum Gasteiger partial charge on any atom is -0.314 e. The highest BCUT2D eigenvalue weighted by atomic mass is 35.5. The van der Waals surface area contributed by atoms with Crippen molar-refractivity contribution in [1.29, 1.82) is 0 Å². The Kier molecular flexibility index (Phi) is 5.71. The second-order valence-corrected chi connectivity index (χ2v) is 5.92. The molecule has 1 fully saturated rings. The SMILES string of the molecule is CCCn1ncc(Cl)c1C1CCCCCC1NCC. The summed E-state index contributed by atoms with van der Waals surface area (Å²) in [5, 5.41) is 8.97. The first-order chi connectivity index (χ1) is 9.27. The van der Waals surface area contributed by atoms with E-state index >= 15 is 0 Å². The normalized spacial score (nSPS) is 24.4. The van der Waals surface area contributed by atoms with Crippen molar-refractivity contribution < 1.29 is 0 Å². The van der Waals surface area contributed by atoms with Crippen LogP contribution in [0.4, 0.5) is 0 Å². The zero-order valence-electron chi connectivity index (χ0n) is 12.2. The molecule has 1 aliphatic carbocycles. The molecule has 0 saturated heterocycles. The van der Waals surface area contributed by atoms with Gasteiger partial charge < -0.3 is 5.32 Å². The molecular weight excluding hydrogens is 258 g/mol. The maximum absolute atomic E-state index is 6.42. The van der Waals surface area contributed by atoms with Crippen LogP contribution < -0.4 is 5.32 Å². The molecule has 0 aromatic carbocycles. The highest BCUT2D eigenvalue weighted by Crippen LogP contribution is 2.35. The predicted molar refractivity (Wildman–Crippen MR) is 80.8 cm³/mol. The summed E-state index contributed by atoms with van der Waals surface area (Å²) < 4.78 is 2.13. The van der Waals surface area contributed by atoms with E-state index < -0.39 is 0 Å². The van der Waals surface area contributed by atoms with E-state index in [-0.39, 0.29) is 0 Å². The molecule has 0 radical (unpaired) electrons. The Morgan fingerprint density at radius 2 is 2.11 bits per heavy atom. The number of rotatable bonds is 5. The number of hydrogen-bond donors (Lipinski definition) is 1. The van der Waals surface area contributed by atoms with Gasteiger partial charge in [-0.1, -0.05) is 44.7 Å². The Morgan fingerprint density at radius 3 is 2.84 bits per heavy atom. The second-order valence-electron chi connectivity index (χ2n) is 5.51. The van der Waals surface area contributed by atoms with Crippen molar-refractivity contribution in [3.63, 3.8) is 0 Å². The lowest BCUT2D eigenvalue weighted by Gasteiger charge is -2.27. The van der Waals surface area contributed by atoms with Crippen LogP contribution >= 0.6 is 11.6 Å². The smallest absolute Gasteiger partial charge is 0.0821 e. The molecule has 4 heteroatoms. The average molecular weight is 284 g/mol. The van der Waals surface area contributed by atoms with E-state index in [4.69, 9.17) is 11.6 Å². The fraction of sp³-hybridized carbons (Fsp3) is 0.800. The van der Waals surface area contributed by atoms with Crippen LogP contribution in [-0.4, -0.2) is 22.4 Å². The molecule has 1 aromatic heterocycles. The van der Waals surface area contributed by atoms with Gasteiger partial charge >= 0.3 is 0 Å². The van der Waals surface area contributed by atoms with E-state index in [1.807, 2.05) is 6.20 Å². The highest BCUT2D eigenvalue weighted by Gasteiger charge is 2.29. The van der Waals surface area contributed by atoms with E-state index in [2.05, 4.69) is 28.9 Å². The van der Waals surface area contributed by atoms with Crippen LogP contribution in [0.3, 0.4) is 0 Å². The summed E-state index contributed by atoms with van der Waals surface area (Å²) in [6.45, 7) is 6.37. The number of aromatic nitrogens is 2. The van der Waals surface area contributed by atoms with Crippen LogP contribution in [0.5, 0.6) is 0 Å². The third-order valence-electron chi connectivity index (χ3n) is 4.10. The molecule has 19 heavy (non-hydrogen) atoms. The molecule has 0 aliphatic heterocycles. The minimum absolute atomic E-state index is 0.518. The largest absolute Gasteiger partial charge is 0.314 e. The van der Waals surface area contributed by atoms with Gasteiger partial charge in [-0.15, -0.1) is 0 Å². The topological polar surface area (TPSA) is 29.9 Å². The maximum Gasteiger partial charge on any atom is 0.0821 e. The summed E-state index contributed by atoms with van der Waals surface area (Å²) in [6.07, 6.45) is 9.38. The number of nitrogens with one attached hydrogen (secondary N) is 1. The summed E-state index contributed by atoms with van der Waals surface area (Å²) in [4.78, 5) is 0. The monoisotopic (exact) mass is 283 g/mol. The fourth-order valence-electron chi connectivity index (χ4n) is 3.27. The number of hydrogen-bond acceptors (Lipinski definition) is 2. The quantitative estimate of drug-likeness (QED) is 0.829. The molecule has 0 amide bonds. The van der Waals surface area contributed by atoms with Crippen molar-refractivity contribution in [3.05, 3.63) is 16.9 Å². The summed E-state index contributed by atoms with van der Waals surface area (Å²) in [7, 11) is 0. The molecule has 1 aliphatic rings. The van der Waals surface area contributed by atoms with Crippen molar-refractivity contribution in [3.8, 4) is 0 Å². The third kappa shape index (κ3) is 3.51. The Labute approximate surface area is 121 Å². The Bertz CT molecular complexity index is 389. The van der Waals surface area contributed by atoms with E-state index in [1.165, 1.54) is 37.8 Å². The van der Waals surface area contributed by atoms with E-state index in [9.17, 15) is 0 Å². The third-order valence-corrected chi connectivity index (χ3v) is 4.39. The van der Waals surface area contributed by atoms with E-state index in [0.29, 0.717) is 12.0 Å². The molecule has 3 nitrogen and oxygen atoms in total. The molecule has 0 spiro atoms. The highest BCUT2D eigenvalue weighted by molar-refractivity contribution is 6.31. The van der Waals surface area contributed by atoms with Crippen molar-refractivity contribution in [2.75, 3.05) is 6.54 Å². The summed E-state index contributed by atoms with van der Waals surface area (Å²) in [5.74, 6) is 0.518. The first-order valence-corrected chi connectivity index (χ1v) is 8.10. The molecule has 2 rings (SSSR count). The zero-order valence-corrected chi connectivity index (χ0v) is 12.9. The summed E-state index contributed by atoms with van der Waals surface area (Å²) in [6, 6.07) is 0.553. The number of likely N-dealkylation sites (N-methyl/N-ethyl adjacent to an activating group) is 1. The maximum atomic E-state index is 6.42. The van der Waals surface area contributed by atoms with Crippen molar-refractivity contribution in [2.45, 2.75) is 70.9 Å². The molecule has 1 heterocycles. The zero-order chi connectivity index (χ0) is 13.7. The Hall–Kier alpha value is -0.540. The molecule has 0 bridgehead atoms. The van der Waals surface area contributed by atoms with Gasteiger partial charge in [0, 0.05) is 18.5 Å². The van der Waals surface area contributed by atoms with Crippen molar-refractivity contribution in [1.82, 2.24) is 15.1 Å². The first kappa shape index (κ1) is 14.9. The lowest BCUT2D eigenvalue weighted by Crippen LogP contribution is -2.35. The molecular formula is C15H26ClN3. The van der Waals surface area contributed by atoms with Crippen LogP contribution in [0.1, 0.15) is 64.0 Å². The van der Waals surface area contributed by atoms with Gasteiger partial charge in [0.05, 0.1) is 16.9 Å². The average Bonchev–Trinajstić information content (AvgIpc) is 2.62. The standard InChI is InChI=1S/C15H26ClN3/c1-3-10-19-15(13(16)11-18-19)12-8-6-5-7-9-14(12)17-4-2/h11-12,14,17H,3-10H2,1-2H3. The van der Waals surface area contributed by atoms with Crippen molar-refractivity contribution in [2.24, 2.45) is 0 Å². The number of aryl methyl sites for hydroxylation is 1. The van der Waals surface area contributed by atoms with Gasteiger partial charge in [-0.25, -0.2) is 0 Å². The van der Waals surface area contributed by atoms with E-state index in [1.54, 1.807) is 0 Å². The Morgan fingerprint density at radius 1 is 1.32 bits per heavy atom. The van der Waals surface area contributed by atoms with Crippen LogP contribution in [-0.2, 0) is 6.54 Å². The lowest BCUT2D eigenvalue weighted by molar-refractivity contribution is 0.394. The van der Waals surface area contributed by atoms with Gasteiger partial charge in [0.15, 0.2) is 0 Å². The van der Waals surface area contributed by atoms with E-state index in [0.717, 1.165) is 24.5 Å². The van der Waals surface area contributed by atoms with Gasteiger partial charge in [-0.05, 0) is 25.8 Å². The van der Waals surface area contributed by atoms with Crippen LogP contribution in [0.25, 0.3) is 0 Å². The summed E-state index contributed by atoms with van der Waals surface area (Å²) >= 11 is 6.42. The van der Waals surface area contributed by atoms with Crippen LogP contribution in [0.15, 0.2) is 6.20 Å². The van der Waals surface area contributed by atoms with Gasteiger partial charge in [0.25, 0.3) is 0 Å². The molecule has 108 valence electrons. The van der Waals surface area contributed by atoms with Gasteiger partial charge in [-0.2, -0.15) is 5.10 Å². The van der Waals surface area contributed by atoms with Crippen LogP contribution in [0, 0.1) is 0 Å². The molecule has 1 N–H and O–H groups in total. The van der Waals surface area contributed by atoms with Gasteiger partial charge in [0.1, 0.15) is 0 Å². The number of halogens is 1. The molecule has 2 atom stereocenters. The first-order valence-electron chi connectivity index (χ1n) is 7.72. The summed E-state index contributed by atoms with van der Waals surface area (Å²) in [5.41, 5.74) is 1.26. The molecule has 1 aromatic rings. The van der Waals surface area contributed by atoms with Gasteiger partial charge in [-0.3, -0.25) is 4.68 Å². The lowest BCUT2D eigenvalue weighted by atomic mass is 9.91.